The summed E-state index contributed by atoms with van der Waals surface area (Å²) in [7, 11) is 0. The van der Waals surface area contributed by atoms with Gasteiger partial charge in [0.05, 0.1) is 11.1 Å². The van der Waals surface area contributed by atoms with Crippen LogP contribution in [0.3, 0.4) is 0 Å². The van der Waals surface area contributed by atoms with Crippen LogP contribution in [0.2, 0.25) is 0 Å². The van der Waals surface area contributed by atoms with Gasteiger partial charge in [-0.3, -0.25) is 0 Å². The number of hydrogen-bond acceptors (Lipinski definition) is 4. The molecule has 0 saturated heterocycles. The Bertz CT molecular complexity index is 390. The topological polar surface area (TPSA) is 115 Å². The molecule has 0 spiro atoms. The fourth-order valence-electron chi connectivity index (χ4n) is 1.44. The van der Waals surface area contributed by atoms with Crippen molar-refractivity contribution in [2.45, 2.75) is 19.8 Å². The Morgan fingerprint density at radius 2 is 1.30 bits per heavy atom. The van der Waals surface area contributed by atoms with E-state index in [4.69, 9.17) is 20.4 Å². The molecule has 0 amide bonds. The third-order valence-electron chi connectivity index (χ3n) is 2.63. The van der Waals surface area contributed by atoms with Crippen molar-refractivity contribution in [3.05, 3.63) is 35.4 Å². The number of carboxylic acid groups (broad SMARTS) is 2. The molecule has 20 heavy (non-hydrogen) atoms. The Morgan fingerprint density at radius 3 is 1.55 bits per heavy atom. The predicted molar refractivity (Wildman–Crippen MR) is 72.9 cm³/mol. The number of rotatable bonds is 6. The zero-order valence-corrected chi connectivity index (χ0v) is 11.3. The third kappa shape index (κ3) is 6.86. The van der Waals surface area contributed by atoms with E-state index in [9.17, 15) is 9.59 Å². The first-order valence-corrected chi connectivity index (χ1v) is 6.21. The first kappa shape index (κ1) is 18.1. The summed E-state index contributed by atoms with van der Waals surface area (Å²) in [5.74, 6) is -1.99. The van der Waals surface area contributed by atoms with Crippen LogP contribution in [0.5, 0.6) is 0 Å². The smallest absolute Gasteiger partial charge is 0.336 e. The highest BCUT2D eigenvalue weighted by Crippen LogP contribution is 2.07. The van der Waals surface area contributed by atoms with Crippen LogP contribution in [0.4, 0.5) is 0 Å². The highest BCUT2D eigenvalue weighted by Gasteiger charge is 2.13. The van der Waals surface area contributed by atoms with Crippen LogP contribution in [0.15, 0.2) is 24.3 Å². The number of carbonyl (C=O) groups is 2. The van der Waals surface area contributed by atoms with Gasteiger partial charge in [0.1, 0.15) is 0 Å². The van der Waals surface area contributed by atoms with E-state index in [2.05, 4.69) is 0 Å². The maximum atomic E-state index is 10.5. The van der Waals surface area contributed by atoms with E-state index in [0.717, 1.165) is 12.8 Å². The summed E-state index contributed by atoms with van der Waals surface area (Å²) < 4.78 is 0. The molecular weight excluding hydrogens is 264 g/mol. The second-order valence-corrected chi connectivity index (χ2v) is 4.29. The molecule has 0 atom stereocenters. The summed E-state index contributed by atoms with van der Waals surface area (Å²) in [4.78, 5) is 20.9. The van der Waals surface area contributed by atoms with E-state index in [1.54, 1.807) is 0 Å². The molecule has 0 bridgehead atoms. The molecule has 1 aromatic carbocycles. The Labute approximate surface area is 117 Å². The van der Waals surface area contributed by atoms with Crippen LogP contribution in [0.25, 0.3) is 0 Å². The molecule has 112 valence electrons. The number of benzene rings is 1. The van der Waals surface area contributed by atoms with Gasteiger partial charge < -0.3 is 20.4 Å². The number of aliphatic hydroxyl groups is 2. The summed E-state index contributed by atoms with van der Waals surface area (Å²) in [6, 6.07) is 5.48. The van der Waals surface area contributed by atoms with Crippen molar-refractivity contribution < 1.29 is 30.0 Å². The van der Waals surface area contributed by atoms with Gasteiger partial charge in [-0.05, 0) is 30.9 Å². The Kier molecular flexibility index (Phi) is 8.98. The molecule has 1 aromatic rings. The lowest BCUT2D eigenvalue weighted by atomic mass is 10.1. The van der Waals surface area contributed by atoms with E-state index < -0.39 is 11.9 Å². The van der Waals surface area contributed by atoms with Gasteiger partial charge in [-0.2, -0.15) is 0 Å². The summed E-state index contributed by atoms with van der Waals surface area (Å²) in [5.41, 5.74) is -0.380. The van der Waals surface area contributed by atoms with Gasteiger partial charge in [-0.25, -0.2) is 9.59 Å². The highest BCUT2D eigenvalue weighted by atomic mass is 16.4. The minimum atomic E-state index is -1.23. The fraction of sp³-hybridized carbons (Fsp3) is 0.429. The number of aromatic carboxylic acids is 2. The van der Waals surface area contributed by atoms with Gasteiger partial charge in [0.2, 0.25) is 0 Å². The van der Waals surface area contributed by atoms with Crippen LogP contribution in [0, 0.1) is 5.92 Å². The van der Waals surface area contributed by atoms with Gasteiger partial charge >= 0.3 is 11.9 Å². The molecule has 0 heterocycles. The lowest BCUT2D eigenvalue weighted by Crippen LogP contribution is -2.06. The maximum Gasteiger partial charge on any atom is 0.336 e. The molecule has 1 rings (SSSR count). The van der Waals surface area contributed by atoms with Crippen molar-refractivity contribution in [2.24, 2.45) is 5.92 Å². The van der Waals surface area contributed by atoms with E-state index in [0.29, 0.717) is 5.92 Å². The van der Waals surface area contributed by atoms with Gasteiger partial charge in [0.15, 0.2) is 0 Å². The van der Waals surface area contributed by atoms with Crippen molar-refractivity contribution in [3.63, 3.8) is 0 Å². The molecule has 0 radical (unpaired) electrons. The molecule has 0 aliphatic heterocycles. The lowest BCUT2D eigenvalue weighted by Gasteiger charge is -2.04. The summed E-state index contributed by atoms with van der Waals surface area (Å²) in [5, 5.41) is 33.9. The van der Waals surface area contributed by atoms with Gasteiger partial charge in [0, 0.05) is 13.2 Å². The molecule has 0 aromatic heterocycles. The van der Waals surface area contributed by atoms with Crippen LogP contribution < -0.4 is 0 Å². The minimum absolute atomic E-state index is 0.190. The third-order valence-corrected chi connectivity index (χ3v) is 2.63. The van der Waals surface area contributed by atoms with Crippen molar-refractivity contribution in [2.75, 3.05) is 13.2 Å². The maximum absolute atomic E-state index is 10.5. The standard InChI is InChI=1S/C8H6O4.C6H14O2/c9-7(10)5-3-1-2-4-6(5)8(11)12;1-6(2-4-7)3-5-8/h1-4H,(H,9,10)(H,11,12);6-8H,2-5H2,1H3. The van der Waals surface area contributed by atoms with E-state index in [1.165, 1.54) is 24.3 Å². The average Bonchev–Trinajstić information content (AvgIpc) is 2.40. The fourth-order valence-corrected chi connectivity index (χ4v) is 1.44. The zero-order chi connectivity index (χ0) is 15.5. The predicted octanol–water partition coefficient (Wildman–Crippen LogP) is 1.47. The molecule has 6 heteroatoms. The largest absolute Gasteiger partial charge is 0.478 e. The molecule has 6 nitrogen and oxygen atoms in total. The number of hydrogen-bond donors (Lipinski definition) is 4. The van der Waals surface area contributed by atoms with E-state index >= 15 is 0 Å². The van der Waals surface area contributed by atoms with Crippen molar-refractivity contribution in [1.82, 2.24) is 0 Å². The highest BCUT2D eigenvalue weighted by molar-refractivity contribution is 6.01. The first-order chi connectivity index (χ1) is 9.43. The summed E-state index contributed by atoms with van der Waals surface area (Å²) >= 11 is 0. The molecule has 0 unspecified atom stereocenters. The second-order valence-electron chi connectivity index (χ2n) is 4.29. The summed E-state index contributed by atoms with van der Waals surface area (Å²) in [6.07, 6.45) is 1.61. The van der Waals surface area contributed by atoms with Gasteiger partial charge in [-0.15, -0.1) is 0 Å². The van der Waals surface area contributed by atoms with Crippen LogP contribution in [-0.4, -0.2) is 45.6 Å². The summed E-state index contributed by atoms with van der Waals surface area (Å²) in [6.45, 7) is 2.49. The van der Waals surface area contributed by atoms with Crippen LogP contribution in [-0.2, 0) is 0 Å². The molecule has 0 saturated carbocycles. The zero-order valence-electron chi connectivity index (χ0n) is 11.3. The normalized spacial score (nSPS) is 9.80. The van der Waals surface area contributed by atoms with Crippen LogP contribution in [0.1, 0.15) is 40.5 Å². The molecule has 0 aliphatic carbocycles. The van der Waals surface area contributed by atoms with Crippen LogP contribution >= 0.6 is 0 Å². The molecular formula is C14H20O6. The van der Waals surface area contributed by atoms with Crippen molar-refractivity contribution >= 4 is 11.9 Å². The molecule has 4 N–H and O–H groups in total. The minimum Gasteiger partial charge on any atom is -0.478 e. The Morgan fingerprint density at radius 1 is 0.950 bits per heavy atom. The van der Waals surface area contributed by atoms with Crippen molar-refractivity contribution in [3.8, 4) is 0 Å². The lowest BCUT2D eigenvalue weighted by molar-refractivity contribution is 0.0651. The van der Waals surface area contributed by atoms with E-state index in [-0.39, 0.29) is 24.3 Å². The number of carboxylic acids is 2. The molecule has 0 fully saturated rings. The molecule has 0 aliphatic rings. The average molecular weight is 284 g/mol. The number of aliphatic hydroxyl groups excluding tert-OH is 2. The van der Waals surface area contributed by atoms with Gasteiger partial charge in [-0.1, -0.05) is 19.1 Å². The monoisotopic (exact) mass is 284 g/mol. The second kappa shape index (κ2) is 9.94. The van der Waals surface area contributed by atoms with E-state index in [1.807, 2.05) is 6.92 Å². The first-order valence-electron chi connectivity index (χ1n) is 6.21. The SMILES string of the molecule is CC(CCO)CCO.O=C(O)c1ccccc1C(=O)O. The van der Waals surface area contributed by atoms with Crippen molar-refractivity contribution in [1.29, 1.82) is 0 Å². The quantitative estimate of drug-likeness (QED) is 0.629. The Hall–Kier alpha value is -1.92. The van der Waals surface area contributed by atoms with Gasteiger partial charge in [0.25, 0.3) is 0 Å². The Balaban J connectivity index is 0.000000396.